The molecule has 1 aliphatic rings. The van der Waals surface area contributed by atoms with E-state index in [-0.39, 0.29) is 18.6 Å². The molecule has 5 heteroatoms. The van der Waals surface area contributed by atoms with Gasteiger partial charge in [0.05, 0.1) is 11.5 Å². The number of nitrogens with one attached hydrogen (secondary N) is 1. The lowest BCUT2D eigenvalue weighted by Crippen LogP contribution is -2.43. The molecule has 0 radical (unpaired) electrons. The Morgan fingerprint density at radius 2 is 1.70 bits per heavy atom. The average Bonchev–Trinajstić information content (AvgIpc) is 3.18. The standard InChI is InChI=1S/C22H25NO4/c1-16(17-9-11-19(12-10-17)27-15-20(24)25)23-21(26)22(13-5-6-14-22)18-7-3-2-4-8-18/h2-4,7-12,16H,5-6,13-15H2,1H3,(H,23,26)(H,24,25). The molecule has 1 fully saturated rings. The maximum atomic E-state index is 13.2. The summed E-state index contributed by atoms with van der Waals surface area (Å²) in [6, 6.07) is 17.1. The first-order chi connectivity index (χ1) is 13.0. The van der Waals surface area contributed by atoms with Crippen LogP contribution < -0.4 is 10.1 Å². The fourth-order valence-electron chi connectivity index (χ4n) is 3.80. The molecule has 0 aromatic heterocycles. The number of carbonyl (C=O) groups is 2. The van der Waals surface area contributed by atoms with Gasteiger partial charge in [-0.25, -0.2) is 4.79 Å². The number of carbonyl (C=O) groups excluding carboxylic acids is 1. The molecule has 0 heterocycles. The van der Waals surface area contributed by atoms with Crippen molar-refractivity contribution in [3.8, 4) is 5.75 Å². The molecule has 142 valence electrons. The highest BCUT2D eigenvalue weighted by atomic mass is 16.5. The summed E-state index contributed by atoms with van der Waals surface area (Å²) in [6.45, 7) is 1.59. The number of ether oxygens (including phenoxy) is 1. The topological polar surface area (TPSA) is 75.6 Å². The number of carboxylic acid groups (broad SMARTS) is 1. The van der Waals surface area contributed by atoms with Crippen molar-refractivity contribution in [1.29, 1.82) is 0 Å². The maximum absolute atomic E-state index is 13.2. The first-order valence-corrected chi connectivity index (χ1v) is 9.32. The summed E-state index contributed by atoms with van der Waals surface area (Å²) in [4.78, 5) is 23.8. The SMILES string of the molecule is CC(NC(=O)C1(c2ccccc2)CCCC1)c1ccc(OCC(=O)O)cc1. The molecule has 0 bridgehead atoms. The minimum absolute atomic E-state index is 0.0740. The summed E-state index contributed by atoms with van der Waals surface area (Å²) in [5.74, 6) is -0.441. The van der Waals surface area contributed by atoms with Crippen molar-refractivity contribution in [2.75, 3.05) is 6.61 Å². The van der Waals surface area contributed by atoms with Crippen molar-refractivity contribution in [3.63, 3.8) is 0 Å². The Kier molecular flexibility index (Phi) is 5.79. The number of aliphatic carboxylic acids is 1. The molecule has 0 aliphatic heterocycles. The lowest BCUT2D eigenvalue weighted by molar-refractivity contribution is -0.139. The van der Waals surface area contributed by atoms with E-state index in [0.717, 1.165) is 36.8 Å². The van der Waals surface area contributed by atoms with E-state index in [1.165, 1.54) is 0 Å². The van der Waals surface area contributed by atoms with Crippen LogP contribution in [0.15, 0.2) is 54.6 Å². The molecule has 1 atom stereocenters. The van der Waals surface area contributed by atoms with Crippen LogP contribution >= 0.6 is 0 Å². The molecular weight excluding hydrogens is 342 g/mol. The van der Waals surface area contributed by atoms with E-state index >= 15 is 0 Å². The highest BCUT2D eigenvalue weighted by Gasteiger charge is 2.42. The molecule has 2 aromatic rings. The van der Waals surface area contributed by atoms with Crippen LogP contribution in [0.5, 0.6) is 5.75 Å². The van der Waals surface area contributed by atoms with E-state index in [1.54, 1.807) is 12.1 Å². The Morgan fingerprint density at radius 3 is 2.30 bits per heavy atom. The number of carboxylic acids is 1. The van der Waals surface area contributed by atoms with Crippen LogP contribution in [-0.2, 0) is 15.0 Å². The van der Waals surface area contributed by atoms with E-state index in [2.05, 4.69) is 5.32 Å². The summed E-state index contributed by atoms with van der Waals surface area (Å²) in [5, 5.41) is 11.8. The van der Waals surface area contributed by atoms with Crippen LogP contribution in [0.25, 0.3) is 0 Å². The van der Waals surface area contributed by atoms with Gasteiger partial charge in [-0.3, -0.25) is 4.79 Å². The lowest BCUT2D eigenvalue weighted by Gasteiger charge is -2.30. The Morgan fingerprint density at radius 1 is 1.07 bits per heavy atom. The molecule has 1 aliphatic carbocycles. The Labute approximate surface area is 159 Å². The third kappa shape index (κ3) is 4.30. The van der Waals surface area contributed by atoms with Gasteiger partial charge in [-0.2, -0.15) is 0 Å². The third-order valence-electron chi connectivity index (χ3n) is 5.31. The molecule has 0 spiro atoms. The van der Waals surface area contributed by atoms with Gasteiger partial charge in [-0.05, 0) is 43.0 Å². The fraction of sp³-hybridized carbons (Fsp3) is 0.364. The predicted octanol–water partition coefficient (Wildman–Crippen LogP) is 3.84. The van der Waals surface area contributed by atoms with Gasteiger partial charge in [0, 0.05) is 0 Å². The third-order valence-corrected chi connectivity index (χ3v) is 5.31. The first kappa shape index (κ1) is 19.0. The van der Waals surface area contributed by atoms with Gasteiger partial charge >= 0.3 is 5.97 Å². The predicted molar refractivity (Wildman–Crippen MR) is 103 cm³/mol. The van der Waals surface area contributed by atoms with Crippen LogP contribution in [0.1, 0.15) is 49.8 Å². The smallest absolute Gasteiger partial charge is 0.341 e. The Hall–Kier alpha value is -2.82. The second-order valence-electron chi connectivity index (χ2n) is 7.10. The van der Waals surface area contributed by atoms with Crippen molar-refractivity contribution in [1.82, 2.24) is 5.32 Å². The molecule has 2 N–H and O–H groups in total. The maximum Gasteiger partial charge on any atom is 0.341 e. The summed E-state index contributed by atoms with van der Waals surface area (Å²) in [6.07, 6.45) is 3.87. The monoisotopic (exact) mass is 367 g/mol. The summed E-state index contributed by atoms with van der Waals surface area (Å²) in [7, 11) is 0. The second-order valence-corrected chi connectivity index (χ2v) is 7.10. The van der Waals surface area contributed by atoms with Crippen LogP contribution in [0.4, 0.5) is 0 Å². The van der Waals surface area contributed by atoms with E-state index in [0.29, 0.717) is 5.75 Å². The molecule has 2 aromatic carbocycles. The van der Waals surface area contributed by atoms with Gasteiger partial charge in [-0.15, -0.1) is 0 Å². The Bertz CT molecular complexity index is 780. The van der Waals surface area contributed by atoms with Crippen molar-refractivity contribution >= 4 is 11.9 Å². The Balaban J connectivity index is 1.70. The van der Waals surface area contributed by atoms with Crippen LogP contribution in [0.2, 0.25) is 0 Å². The van der Waals surface area contributed by atoms with Crippen molar-refractivity contribution in [2.24, 2.45) is 0 Å². The first-order valence-electron chi connectivity index (χ1n) is 9.32. The van der Waals surface area contributed by atoms with Crippen molar-refractivity contribution in [2.45, 2.75) is 44.1 Å². The zero-order valence-corrected chi connectivity index (χ0v) is 15.5. The number of rotatable bonds is 7. The minimum atomic E-state index is -1.01. The van der Waals surface area contributed by atoms with Crippen LogP contribution in [0, 0.1) is 0 Å². The van der Waals surface area contributed by atoms with Crippen molar-refractivity contribution < 1.29 is 19.4 Å². The molecule has 5 nitrogen and oxygen atoms in total. The number of benzene rings is 2. The molecule has 3 rings (SSSR count). The molecule has 1 unspecified atom stereocenters. The zero-order valence-electron chi connectivity index (χ0n) is 15.5. The van der Waals surface area contributed by atoms with Gasteiger partial charge in [0.15, 0.2) is 6.61 Å². The average molecular weight is 367 g/mol. The zero-order chi connectivity index (χ0) is 19.3. The largest absolute Gasteiger partial charge is 0.482 e. The molecule has 27 heavy (non-hydrogen) atoms. The number of amides is 1. The normalized spacial score (nSPS) is 16.5. The van der Waals surface area contributed by atoms with E-state index < -0.39 is 11.4 Å². The summed E-state index contributed by atoms with van der Waals surface area (Å²) >= 11 is 0. The lowest BCUT2D eigenvalue weighted by atomic mass is 9.77. The number of hydrogen-bond acceptors (Lipinski definition) is 3. The quantitative estimate of drug-likeness (QED) is 0.780. The fourth-order valence-corrected chi connectivity index (χ4v) is 3.80. The van der Waals surface area contributed by atoms with E-state index in [4.69, 9.17) is 9.84 Å². The van der Waals surface area contributed by atoms with Crippen LogP contribution in [0.3, 0.4) is 0 Å². The second kappa shape index (κ2) is 8.25. The van der Waals surface area contributed by atoms with Gasteiger partial charge < -0.3 is 15.2 Å². The van der Waals surface area contributed by atoms with Crippen molar-refractivity contribution in [3.05, 3.63) is 65.7 Å². The molecule has 0 saturated heterocycles. The summed E-state index contributed by atoms with van der Waals surface area (Å²) < 4.78 is 5.15. The highest BCUT2D eigenvalue weighted by Crippen LogP contribution is 2.41. The molecule has 1 amide bonds. The van der Waals surface area contributed by atoms with Gasteiger partial charge in [-0.1, -0.05) is 55.3 Å². The number of hydrogen-bond donors (Lipinski definition) is 2. The summed E-state index contributed by atoms with van der Waals surface area (Å²) in [5.41, 5.74) is 1.59. The highest BCUT2D eigenvalue weighted by molar-refractivity contribution is 5.89. The minimum Gasteiger partial charge on any atom is -0.482 e. The van der Waals surface area contributed by atoms with E-state index in [9.17, 15) is 9.59 Å². The van der Waals surface area contributed by atoms with Crippen LogP contribution in [-0.4, -0.2) is 23.6 Å². The molecule has 1 saturated carbocycles. The van der Waals surface area contributed by atoms with E-state index in [1.807, 2.05) is 49.4 Å². The molecular formula is C22H25NO4. The van der Waals surface area contributed by atoms with Gasteiger partial charge in [0.1, 0.15) is 5.75 Å². The van der Waals surface area contributed by atoms with Gasteiger partial charge in [0.25, 0.3) is 0 Å². The van der Waals surface area contributed by atoms with Gasteiger partial charge in [0.2, 0.25) is 5.91 Å².